The van der Waals surface area contributed by atoms with Gasteiger partial charge in [-0.2, -0.15) is 9.97 Å². The van der Waals surface area contributed by atoms with Crippen LogP contribution in [-0.4, -0.2) is 46.8 Å². The summed E-state index contributed by atoms with van der Waals surface area (Å²) in [5.41, 5.74) is 1.33. The van der Waals surface area contributed by atoms with Gasteiger partial charge in [-0.25, -0.2) is 4.98 Å². The van der Waals surface area contributed by atoms with Gasteiger partial charge in [-0.15, -0.1) is 0 Å². The molecule has 7 heteroatoms. The minimum absolute atomic E-state index is 0.525. The highest BCUT2D eigenvalue weighted by molar-refractivity contribution is 5.76. The third kappa shape index (κ3) is 3.54. The molecule has 0 aliphatic carbocycles. The molecule has 104 valence electrons. The minimum atomic E-state index is 0.525. The highest BCUT2D eigenvalue weighted by Crippen LogP contribution is 2.20. The zero-order valence-corrected chi connectivity index (χ0v) is 11.3. The molecule has 0 saturated heterocycles. The molecule has 0 aliphatic heterocycles. The van der Waals surface area contributed by atoms with E-state index in [-0.39, 0.29) is 0 Å². The fourth-order valence-electron chi connectivity index (χ4n) is 1.60. The molecule has 0 saturated carbocycles. The van der Waals surface area contributed by atoms with Gasteiger partial charge in [0.2, 0.25) is 11.8 Å². The van der Waals surface area contributed by atoms with E-state index in [0.717, 1.165) is 24.9 Å². The van der Waals surface area contributed by atoms with Gasteiger partial charge in [0.05, 0.1) is 12.9 Å². The number of imidazole rings is 1. The number of nitrogens with one attached hydrogen (secondary N) is 2. The number of aromatic amines is 1. The summed E-state index contributed by atoms with van der Waals surface area (Å²) in [6.45, 7) is 4.12. The number of H-pyrrole nitrogens is 1. The lowest BCUT2D eigenvalue weighted by Crippen LogP contribution is -2.08. The van der Waals surface area contributed by atoms with E-state index >= 15 is 0 Å². The fourth-order valence-corrected chi connectivity index (χ4v) is 1.60. The first-order valence-corrected chi connectivity index (χ1v) is 6.42. The van der Waals surface area contributed by atoms with Crippen molar-refractivity contribution < 1.29 is 9.47 Å². The highest BCUT2D eigenvalue weighted by Gasteiger charge is 2.10. The monoisotopic (exact) mass is 265 g/mol. The van der Waals surface area contributed by atoms with E-state index in [0.29, 0.717) is 30.7 Å². The van der Waals surface area contributed by atoms with Crippen LogP contribution in [0.3, 0.4) is 0 Å². The van der Waals surface area contributed by atoms with Crippen LogP contribution in [0.5, 0.6) is 5.88 Å². The van der Waals surface area contributed by atoms with Crippen LogP contribution in [0.1, 0.15) is 19.8 Å². The van der Waals surface area contributed by atoms with Gasteiger partial charge in [0.15, 0.2) is 5.65 Å². The molecule has 2 heterocycles. The molecule has 2 N–H and O–H groups in total. The van der Waals surface area contributed by atoms with E-state index < -0.39 is 0 Å². The molecule has 0 spiro atoms. The number of aromatic nitrogens is 4. The molecule has 0 aliphatic rings. The Morgan fingerprint density at radius 1 is 1.32 bits per heavy atom. The maximum atomic E-state index is 5.66. The second-order valence-corrected chi connectivity index (χ2v) is 4.08. The molecule has 0 bridgehead atoms. The molecule has 0 radical (unpaired) electrons. The zero-order valence-electron chi connectivity index (χ0n) is 11.3. The first-order chi connectivity index (χ1) is 9.35. The maximum Gasteiger partial charge on any atom is 0.245 e. The molecule has 7 nitrogen and oxygen atoms in total. The zero-order chi connectivity index (χ0) is 13.5. The fraction of sp³-hybridized carbons (Fsp3) is 0.583. The number of nitrogens with zero attached hydrogens (tertiary/aromatic N) is 3. The SMILES string of the molecule is CCCNc1nc(OCCCOC)c2[nH]cnc2n1. The second kappa shape index (κ2) is 6.89. The van der Waals surface area contributed by atoms with E-state index in [1.54, 1.807) is 13.4 Å². The van der Waals surface area contributed by atoms with Crippen LogP contribution in [0.2, 0.25) is 0 Å². The van der Waals surface area contributed by atoms with Gasteiger partial charge in [0.1, 0.15) is 5.52 Å². The van der Waals surface area contributed by atoms with Crippen LogP contribution in [0.15, 0.2) is 6.33 Å². The number of hydrogen-bond acceptors (Lipinski definition) is 6. The van der Waals surface area contributed by atoms with Gasteiger partial charge in [-0.3, -0.25) is 0 Å². The van der Waals surface area contributed by atoms with Crippen molar-refractivity contribution in [3.63, 3.8) is 0 Å². The van der Waals surface area contributed by atoms with E-state index in [2.05, 4.69) is 32.2 Å². The lowest BCUT2D eigenvalue weighted by molar-refractivity contribution is 0.171. The van der Waals surface area contributed by atoms with Crippen LogP contribution in [0.4, 0.5) is 5.95 Å². The molecule has 2 aromatic heterocycles. The summed E-state index contributed by atoms with van der Waals surface area (Å²) in [4.78, 5) is 15.8. The van der Waals surface area contributed by atoms with Gasteiger partial charge in [-0.05, 0) is 6.42 Å². The van der Waals surface area contributed by atoms with Crippen molar-refractivity contribution in [2.75, 3.05) is 32.2 Å². The number of hydrogen-bond donors (Lipinski definition) is 2. The lowest BCUT2D eigenvalue weighted by Gasteiger charge is -2.08. The summed E-state index contributed by atoms with van der Waals surface area (Å²) in [5, 5.41) is 3.14. The number of rotatable bonds is 8. The summed E-state index contributed by atoms with van der Waals surface area (Å²) in [7, 11) is 1.67. The Morgan fingerprint density at radius 3 is 3.00 bits per heavy atom. The van der Waals surface area contributed by atoms with E-state index in [4.69, 9.17) is 9.47 Å². The Morgan fingerprint density at radius 2 is 2.21 bits per heavy atom. The molecular weight excluding hydrogens is 246 g/mol. The van der Waals surface area contributed by atoms with Crippen molar-refractivity contribution in [1.82, 2.24) is 19.9 Å². The van der Waals surface area contributed by atoms with Crippen LogP contribution < -0.4 is 10.1 Å². The van der Waals surface area contributed by atoms with Gasteiger partial charge in [0, 0.05) is 26.7 Å². The second-order valence-electron chi connectivity index (χ2n) is 4.08. The molecular formula is C12H19N5O2. The largest absolute Gasteiger partial charge is 0.476 e. The Kier molecular flexibility index (Phi) is 4.91. The molecule has 0 aromatic carbocycles. The Bertz CT molecular complexity index is 514. The van der Waals surface area contributed by atoms with Crippen LogP contribution in [0.25, 0.3) is 11.2 Å². The van der Waals surface area contributed by atoms with Crippen molar-refractivity contribution in [3.05, 3.63) is 6.33 Å². The summed E-state index contributed by atoms with van der Waals surface area (Å²) in [6.07, 6.45) is 3.41. The third-order valence-electron chi connectivity index (χ3n) is 2.52. The Balaban J connectivity index is 2.12. The maximum absolute atomic E-state index is 5.66. The van der Waals surface area contributed by atoms with Crippen molar-refractivity contribution in [3.8, 4) is 5.88 Å². The predicted molar refractivity (Wildman–Crippen MR) is 72.5 cm³/mol. The van der Waals surface area contributed by atoms with Gasteiger partial charge < -0.3 is 19.8 Å². The first-order valence-electron chi connectivity index (χ1n) is 6.42. The van der Waals surface area contributed by atoms with Gasteiger partial charge in [0.25, 0.3) is 0 Å². The average Bonchev–Trinajstić information content (AvgIpc) is 2.89. The van der Waals surface area contributed by atoms with Crippen LogP contribution in [-0.2, 0) is 4.74 Å². The van der Waals surface area contributed by atoms with Gasteiger partial charge in [-0.1, -0.05) is 6.92 Å². The summed E-state index contributed by atoms with van der Waals surface area (Å²) in [6, 6.07) is 0. The third-order valence-corrected chi connectivity index (χ3v) is 2.52. The predicted octanol–water partition coefficient (Wildman–Crippen LogP) is 1.59. The standard InChI is InChI=1S/C12H19N5O2/c1-3-5-13-12-16-10-9(14-8-15-10)11(17-12)19-7-4-6-18-2/h8H,3-7H2,1-2H3,(H2,13,14,15,16,17). The Hall–Kier alpha value is -1.89. The lowest BCUT2D eigenvalue weighted by atomic mass is 10.4. The van der Waals surface area contributed by atoms with Crippen molar-refractivity contribution in [2.24, 2.45) is 0 Å². The van der Waals surface area contributed by atoms with E-state index in [9.17, 15) is 0 Å². The quantitative estimate of drug-likeness (QED) is 0.705. The van der Waals surface area contributed by atoms with Crippen LogP contribution in [0, 0.1) is 0 Å². The highest BCUT2D eigenvalue weighted by atomic mass is 16.5. The number of ether oxygens (including phenoxy) is 2. The van der Waals surface area contributed by atoms with Crippen LogP contribution >= 0.6 is 0 Å². The van der Waals surface area contributed by atoms with E-state index in [1.807, 2.05) is 0 Å². The molecule has 0 atom stereocenters. The molecule has 0 amide bonds. The Labute approximate surface area is 111 Å². The van der Waals surface area contributed by atoms with Crippen molar-refractivity contribution in [1.29, 1.82) is 0 Å². The van der Waals surface area contributed by atoms with E-state index in [1.165, 1.54) is 0 Å². The summed E-state index contributed by atoms with van der Waals surface area (Å²) in [5.74, 6) is 1.07. The molecule has 2 rings (SSSR count). The summed E-state index contributed by atoms with van der Waals surface area (Å²) >= 11 is 0. The van der Waals surface area contributed by atoms with Crippen molar-refractivity contribution in [2.45, 2.75) is 19.8 Å². The minimum Gasteiger partial charge on any atom is -0.476 e. The van der Waals surface area contributed by atoms with Crippen molar-refractivity contribution >= 4 is 17.1 Å². The topological polar surface area (TPSA) is 85.0 Å². The molecule has 0 unspecified atom stereocenters. The average molecular weight is 265 g/mol. The molecule has 19 heavy (non-hydrogen) atoms. The number of anilines is 1. The molecule has 0 fully saturated rings. The first kappa shape index (κ1) is 13.5. The smallest absolute Gasteiger partial charge is 0.245 e. The number of methoxy groups -OCH3 is 1. The number of fused-ring (bicyclic) bond motifs is 1. The normalized spacial score (nSPS) is 10.8. The van der Waals surface area contributed by atoms with Gasteiger partial charge >= 0.3 is 0 Å². The summed E-state index contributed by atoms with van der Waals surface area (Å²) < 4.78 is 10.6. The molecule has 2 aromatic rings.